The molecule has 1 N–H and O–H groups in total. The van der Waals surface area contributed by atoms with Crippen LogP contribution < -0.4 is 0 Å². The highest BCUT2D eigenvalue weighted by molar-refractivity contribution is 5.14. The fourth-order valence-corrected chi connectivity index (χ4v) is 9.67. The van der Waals surface area contributed by atoms with Gasteiger partial charge in [0.05, 0.1) is 32.5 Å². The van der Waals surface area contributed by atoms with Crippen molar-refractivity contribution >= 4 is 0 Å². The van der Waals surface area contributed by atoms with E-state index in [-0.39, 0.29) is 22.7 Å². The Morgan fingerprint density at radius 3 is 2.17 bits per heavy atom. The number of aliphatic hydroxyl groups excluding tert-OH is 1. The zero-order chi connectivity index (χ0) is 20.8. The van der Waals surface area contributed by atoms with Crippen molar-refractivity contribution in [3.63, 3.8) is 0 Å². The van der Waals surface area contributed by atoms with E-state index in [2.05, 4.69) is 20.8 Å². The van der Waals surface area contributed by atoms with Gasteiger partial charge in [-0.15, -0.1) is 0 Å². The topological polar surface area (TPSA) is 57.2 Å². The summed E-state index contributed by atoms with van der Waals surface area (Å²) in [6.07, 6.45) is 8.70. The van der Waals surface area contributed by atoms with E-state index in [0.717, 1.165) is 38.9 Å². The van der Waals surface area contributed by atoms with Crippen LogP contribution in [0.15, 0.2) is 0 Å². The van der Waals surface area contributed by atoms with Gasteiger partial charge in [-0.1, -0.05) is 13.8 Å². The maximum absolute atomic E-state index is 11.7. The molecule has 6 fully saturated rings. The lowest BCUT2D eigenvalue weighted by Crippen LogP contribution is -2.61. The third-order valence-corrected chi connectivity index (χ3v) is 10.9. The quantitative estimate of drug-likeness (QED) is 0.691. The minimum atomic E-state index is -0.467. The summed E-state index contributed by atoms with van der Waals surface area (Å²) in [5.41, 5.74) is 0.309. The Labute approximate surface area is 181 Å². The molecule has 4 aliphatic carbocycles. The second-order valence-corrected chi connectivity index (χ2v) is 12.0. The molecule has 6 unspecified atom stereocenters. The highest BCUT2D eigenvalue weighted by atomic mass is 16.7. The van der Waals surface area contributed by atoms with Crippen LogP contribution >= 0.6 is 0 Å². The Kier molecular flexibility index (Phi) is 4.53. The van der Waals surface area contributed by atoms with Crippen LogP contribution in [0.2, 0.25) is 0 Å². The van der Waals surface area contributed by atoms with E-state index in [0.29, 0.717) is 42.8 Å². The summed E-state index contributed by atoms with van der Waals surface area (Å²) < 4.78 is 24.5. The summed E-state index contributed by atoms with van der Waals surface area (Å²) in [4.78, 5) is 0. The third-order valence-electron chi connectivity index (χ3n) is 10.9. The maximum atomic E-state index is 11.7. The number of rotatable bonds is 1. The Balaban J connectivity index is 1.28. The van der Waals surface area contributed by atoms with E-state index in [1.165, 1.54) is 25.7 Å². The maximum Gasteiger partial charge on any atom is 0.169 e. The van der Waals surface area contributed by atoms with Gasteiger partial charge in [0.2, 0.25) is 0 Å². The average Bonchev–Trinajstić information content (AvgIpc) is 3.41. The summed E-state index contributed by atoms with van der Waals surface area (Å²) in [6, 6.07) is 0. The lowest BCUT2D eigenvalue weighted by molar-refractivity contribution is -0.254. The van der Waals surface area contributed by atoms with Crippen molar-refractivity contribution < 1.29 is 24.1 Å². The summed E-state index contributed by atoms with van der Waals surface area (Å²) >= 11 is 0. The van der Waals surface area contributed by atoms with Gasteiger partial charge in [0.15, 0.2) is 11.6 Å². The van der Waals surface area contributed by atoms with E-state index in [1.54, 1.807) is 0 Å². The van der Waals surface area contributed by atoms with Gasteiger partial charge in [0.25, 0.3) is 0 Å². The molecule has 1 spiro atoms. The molecule has 5 nitrogen and oxygen atoms in total. The molecule has 2 aliphatic heterocycles. The molecule has 0 aromatic rings. The standard InChI is InChI=1S/C25H40O5/c1-22-8-9-25(29-12-13-30-25)14-16(22)4-5-17-18-6-7-20(24(3)27-10-11-28-24)23(18,2)15-19(26)21(17)22/h16-21,26H,4-15H2,1-3H3/t16?,17?,18?,19?,20?,21?,22-,23-/m0/s1. The van der Waals surface area contributed by atoms with Crippen molar-refractivity contribution in [1.82, 2.24) is 0 Å². The van der Waals surface area contributed by atoms with Crippen molar-refractivity contribution in [3.8, 4) is 0 Å². The highest BCUT2D eigenvalue weighted by Gasteiger charge is 2.67. The molecule has 2 saturated heterocycles. The lowest BCUT2D eigenvalue weighted by Gasteiger charge is -2.63. The number of hydrogen-bond acceptors (Lipinski definition) is 5. The SMILES string of the molecule is CC1(C2CCC3C4CCC5CC6(CC[C@]5(C)C4C(O)C[C@@]32C)OCCO6)OCCO1. The molecule has 6 rings (SSSR count). The van der Waals surface area contributed by atoms with Crippen LogP contribution in [-0.2, 0) is 18.9 Å². The Morgan fingerprint density at radius 2 is 1.43 bits per heavy atom. The second-order valence-electron chi connectivity index (χ2n) is 12.0. The Morgan fingerprint density at radius 1 is 0.733 bits per heavy atom. The van der Waals surface area contributed by atoms with Crippen LogP contribution in [0.5, 0.6) is 0 Å². The number of fused-ring (bicyclic) bond motifs is 5. The van der Waals surface area contributed by atoms with Crippen LogP contribution in [0.1, 0.15) is 72.1 Å². The third kappa shape index (κ3) is 2.65. The molecule has 170 valence electrons. The number of ether oxygens (including phenoxy) is 4. The zero-order valence-electron chi connectivity index (χ0n) is 19.0. The van der Waals surface area contributed by atoms with Gasteiger partial charge in [0.1, 0.15) is 0 Å². The molecule has 5 heteroatoms. The smallest absolute Gasteiger partial charge is 0.169 e. The Bertz CT molecular complexity index is 683. The van der Waals surface area contributed by atoms with Crippen molar-refractivity contribution in [2.24, 2.45) is 40.4 Å². The molecule has 8 atom stereocenters. The van der Waals surface area contributed by atoms with Gasteiger partial charge in [-0.2, -0.15) is 0 Å². The number of aliphatic hydroxyl groups is 1. The second kappa shape index (κ2) is 6.66. The van der Waals surface area contributed by atoms with Crippen LogP contribution in [0, 0.1) is 40.4 Å². The molecule has 0 aromatic heterocycles. The van der Waals surface area contributed by atoms with Gasteiger partial charge in [0, 0.05) is 18.8 Å². The predicted octanol–water partition coefficient (Wildman–Crippen LogP) is 4.12. The fraction of sp³-hybridized carbons (Fsp3) is 1.00. The minimum Gasteiger partial charge on any atom is -0.393 e. The summed E-state index contributed by atoms with van der Waals surface area (Å²) in [5, 5.41) is 11.7. The molecular weight excluding hydrogens is 380 g/mol. The zero-order valence-corrected chi connectivity index (χ0v) is 19.0. The van der Waals surface area contributed by atoms with Gasteiger partial charge in [-0.3, -0.25) is 0 Å². The van der Waals surface area contributed by atoms with Gasteiger partial charge in [-0.25, -0.2) is 0 Å². The van der Waals surface area contributed by atoms with Crippen molar-refractivity contribution in [2.75, 3.05) is 26.4 Å². The van der Waals surface area contributed by atoms with Crippen LogP contribution in [-0.4, -0.2) is 49.2 Å². The highest BCUT2D eigenvalue weighted by Crippen LogP contribution is 2.69. The summed E-state index contributed by atoms with van der Waals surface area (Å²) in [5.74, 6) is 1.89. The first-order valence-corrected chi connectivity index (χ1v) is 12.5. The molecular formula is C25H40O5. The number of hydrogen-bond donors (Lipinski definition) is 1. The molecule has 4 saturated carbocycles. The van der Waals surface area contributed by atoms with Gasteiger partial charge >= 0.3 is 0 Å². The molecule has 0 amide bonds. The van der Waals surface area contributed by atoms with E-state index >= 15 is 0 Å². The summed E-state index contributed by atoms with van der Waals surface area (Å²) in [7, 11) is 0. The molecule has 6 aliphatic rings. The Hall–Kier alpha value is -0.200. The van der Waals surface area contributed by atoms with Crippen molar-refractivity contribution in [1.29, 1.82) is 0 Å². The van der Waals surface area contributed by atoms with Gasteiger partial charge in [-0.05, 0) is 80.0 Å². The monoisotopic (exact) mass is 420 g/mol. The normalized spacial score (nSPS) is 54.0. The first-order chi connectivity index (χ1) is 14.3. The lowest BCUT2D eigenvalue weighted by atomic mass is 9.43. The van der Waals surface area contributed by atoms with Crippen LogP contribution in [0.25, 0.3) is 0 Å². The average molecular weight is 421 g/mol. The van der Waals surface area contributed by atoms with E-state index in [1.807, 2.05) is 0 Å². The van der Waals surface area contributed by atoms with Crippen molar-refractivity contribution in [3.05, 3.63) is 0 Å². The van der Waals surface area contributed by atoms with Gasteiger partial charge < -0.3 is 24.1 Å². The first-order valence-electron chi connectivity index (χ1n) is 12.5. The van der Waals surface area contributed by atoms with E-state index in [4.69, 9.17) is 18.9 Å². The van der Waals surface area contributed by atoms with Crippen LogP contribution in [0.4, 0.5) is 0 Å². The van der Waals surface area contributed by atoms with E-state index in [9.17, 15) is 5.11 Å². The molecule has 2 heterocycles. The van der Waals surface area contributed by atoms with E-state index < -0.39 is 5.79 Å². The molecule has 0 radical (unpaired) electrons. The minimum absolute atomic E-state index is 0.108. The van der Waals surface area contributed by atoms with Crippen molar-refractivity contribution in [2.45, 2.75) is 89.8 Å². The molecule has 0 aromatic carbocycles. The van der Waals surface area contributed by atoms with Crippen LogP contribution in [0.3, 0.4) is 0 Å². The first kappa shape index (κ1) is 20.4. The summed E-state index contributed by atoms with van der Waals surface area (Å²) in [6.45, 7) is 9.96. The molecule has 0 bridgehead atoms. The largest absolute Gasteiger partial charge is 0.393 e. The predicted molar refractivity (Wildman–Crippen MR) is 112 cm³/mol. The fourth-order valence-electron chi connectivity index (χ4n) is 9.67. The molecule has 30 heavy (non-hydrogen) atoms.